The molecule has 9 heteroatoms. The van der Waals surface area contributed by atoms with Gasteiger partial charge in [0.05, 0.1) is 12.8 Å². The zero-order valence-corrected chi connectivity index (χ0v) is 12.4. The van der Waals surface area contributed by atoms with E-state index in [1.54, 1.807) is 10.6 Å². The van der Waals surface area contributed by atoms with Gasteiger partial charge in [0.25, 0.3) is 0 Å². The van der Waals surface area contributed by atoms with Crippen LogP contribution in [0.15, 0.2) is 18.5 Å². The highest BCUT2D eigenvalue weighted by molar-refractivity contribution is 5.65. The number of hydrogen-bond donors (Lipinski definition) is 1. The molecular formula is C14H15N5O4. The Morgan fingerprint density at radius 3 is 3.22 bits per heavy atom. The van der Waals surface area contributed by atoms with E-state index in [0.717, 1.165) is 5.69 Å². The first kappa shape index (κ1) is 15.1. The number of nitrogens with two attached hydrogens (primary N) is 1. The van der Waals surface area contributed by atoms with Crippen molar-refractivity contribution in [2.45, 2.75) is 24.5 Å². The average Bonchev–Trinajstić information content (AvgIpc) is 3.18. The molecule has 2 N–H and O–H groups in total. The highest BCUT2D eigenvalue weighted by atomic mass is 16.7. The summed E-state index contributed by atoms with van der Waals surface area (Å²) in [5.41, 5.74) is 6.06. The number of hydrogen-bond acceptors (Lipinski definition) is 8. The van der Waals surface area contributed by atoms with Crippen LogP contribution >= 0.6 is 0 Å². The number of anilines is 1. The minimum absolute atomic E-state index is 0.187. The highest BCUT2D eigenvalue weighted by Gasteiger charge is 2.43. The first-order valence-corrected chi connectivity index (χ1v) is 6.96. The molecule has 0 spiro atoms. The van der Waals surface area contributed by atoms with Crippen LogP contribution < -0.4 is 5.73 Å². The number of ether oxygens (including phenoxy) is 3. The fourth-order valence-electron chi connectivity index (χ4n) is 2.63. The van der Waals surface area contributed by atoms with Gasteiger partial charge >= 0.3 is 6.16 Å². The topological polar surface area (TPSA) is 125 Å². The van der Waals surface area contributed by atoms with Gasteiger partial charge in [0.2, 0.25) is 0 Å². The molecule has 1 fully saturated rings. The molecule has 3 rings (SSSR count). The summed E-state index contributed by atoms with van der Waals surface area (Å²) in [7, 11) is 1.20. The summed E-state index contributed by atoms with van der Waals surface area (Å²) >= 11 is 0. The lowest BCUT2D eigenvalue weighted by Crippen LogP contribution is -2.33. The van der Waals surface area contributed by atoms with Gasteiger partial charge in [0, 0.05) is 0 Å². The molecule has 3 heterocycles. The van der Waals surface area contributed by atoms with Crippen molar-refractivity contribution in [2.24, 2.45) is 0 Å². The van der Waals surface area contributed by atoms with Gasteiger partial charge in [-0.3, -0.25) is 0 Å². The third-order valence-electron chi connectivity index (χ3n) is 3.81. The van der Waals surface area contributed by atoms with Gasteiger partial charge in [-0.05, 0) is 25.0 Å². The van der Waals surface area contributed by atoms with Crippen LogP contribution in [-0.4, -0.2) is 40.1 Å². The summed E-state index contributed by atoms with van der Waals surface area (Å²) < 4.78 is 16.8. The third-order valence-corrected chi connectivity index (χ3v) is 3.81. The summed E-state index contributed by atoms with van der Waals surface area (Å²) in [6.45, 7) is -0.187. The van der Waals surface area contributed by atoms with Gasteiger partial charge in [-0.15, -0.1) is 0 Å². The van der Waals surface area contributed by atoms with Crippen molar-refractivity contribution in [3.8, 4) is 6.07 Å². The van der Waals surface area contributed by atoms with Crippen LogP contribution in [0, 0.1) is 11.3 Å². The van der Waals surface area contributed by atoms with E-state index in [1.807, 2.05) is 6.07 Å². The smallest absolute Gasteiger partial charge is 0.438 e. The largest absolute Gasteiger partial charge is 0.508 e. The SMILES string of the molecule is COC(=O)OCC1(C#N)CCC(c2ccc3c(N)ncnn23)O1. The van der Waals surface area contributed by atoms with Crippen LogP contribution in [0.25, 0.3) is 5.52 Å². The molecule has 1 aliphatic heterocycles. The average molecular weight is 317 g/mol. The Balaban J connectivity index is 1.81. The molecule has 2 atom stereocenters. The lowest BCUT2D eigenvalue weighted by atomic mass is 10.0. The molecule has 0 aliphatic carbocycles. The lowest BCUT2D eigenvalue weighted by Gasteiger charge is -2.21. The number of carbonyl (C=O) groups excluding carboxylic acids is 1. The third kappa shape index (κ3) is 2.64. The fourth-order valence-corrected chi connectivity index (χ4v) is 2.63. The van der Waals surface area contributed by atoms with E-state index in [0.29, 0.717) is 24.2 Å². The van der Waals surface area contributed by atoms with Crippen molar-refractivity contribution in [1.29, 1.82) is 5.26 Å². The molecule has 0 amide bonds. The first-order chi connectivity index (χ1) is 11.1. The quantitative estimate of drug-likeness (QED) is 0.837. The van der Waals surface area contributed by atoms with Gasteiger partial charge in [-0.2, -0.15) is 10.4 Å². The van der Waals surface area contributed by atoms with Crippen LogP contribution in [0.2, 0.25) is 0 Å². The Labute approximate surface area is 131 Å². The summed E-state index contributed by atoms with van der Waals surface area (Å²) in [5.74, 6) is 0.366. The predicted octanol–water partition coefficient (Wildman–Crippen LogP) is 1.21. The molecule has 0 bridgehead atoms. The Morgan fingerprint density at radius 1 is 1.65 bits per heavy atom. The second-order valence-electron chi connectivity index (χ2n) is 5.19. The van der Waals surface area contributed by atoms with Gasteiger partial charge < -0.3 is 19.9 Å². The van der Waals surface area contributed by atoms with Crippen molar-refractivity contribution >= 4 is 17.5 Å². The Kier molecular flexibility index (Phi) is 3.75. The molecule has 9 nitrogen and oxygen atoms in total. The maximum atomic E-state index is 11.1. The molecule has 23 heavy (non-hydrogen) atoms. The number of nitrogens with zero attached hydrogens (tertiary/aromatic N) is 4. The summed E-state index contributed by atoms with van der Waals surface area (Å²) in [5, 5.41) is 13.6. The molecule has 1 saturated heterocycles. The summed E-state index contributed by atoms with van der Waals surface area (Å²) in [6, 6.07) is 5.72. The number of rotatable bonds is 3. The normalized spacial score (nSPS) is 23.6. The fraction of sp³-hybridized carbons (Fsp3) is 0.429. The Bertz CT molecular complexity index is 783. The van der Waals surface area contributed by atoms with Crippen LogP contribution in [-0.2, 0) is 14.2 Å². The van der Waals surface area contributed by atoms with E-state index in [2.05, 4.69) is 20.9 Å². The van der Waals surface area contributed by atoms with E-state index in [1.165, 1.54) is 13.4 Å². The number of methoxy groups -OCH3 is 1. The van der Waals surface area contributed by atoms with E-state index in [-0.39, 0.29) is 12.7 Å². The molecule has 2 aromatic rings. The number of carbonyl (C=O) groups is 1. The van der Waals surface area contributed by atoms with Gasteiger partial charge in [0.1, 0.15) is 30.6 Å². The molecule has 1 aliphatic rings. The van der Waals surface area contributed by atoms with Crippen molar-refractivity contribution in [3.63, 3.8) is 0 Å². The molecule has 2 unspecified atom stereocenters. The summed E-state index contributed by atoms with van der Waals surface area (Å²) in [4.78, 5) is 15.0. The maximum absolute atomic E-state index is 11.1. The number of fused-ring (bicyclic) bond motifs is 1. The van der Waals surface area contributed by atoms with Crippen LogP contribution in [0.1, 0.15) is 24.6 Å². The van der Waals surface area contributed by atoms with Gasteiger partial charge in [-0.1, -0.05) is 0 Å². The van der Waals surface area contributed by atoms with Crippen LogP contribution in [0.4, 0.5) is 10.6 Å². The van der Waals surface area contributed by atoms with Gasteiger partial charge in [0.15, 0.2) is 11.4 Å². The second-order valence-corrected chi connectivity index (χ2v) is 5.19. The van der Waals surface area contributed by atoms with Gasteiger partial charge in [-0.25, -0.2) is 14.3 Å². The molecule has 0 radical (unpaired) electrons. The van der Waals surface area contributed by atoms with Crippen molar-refractivity contribution in [1.82, 2.24) is 14.6 Å². The molecule has 0 aromatic carbocycles. The number of aromatic nitrogens is 3. The monoisotopic (exact) mass is 317 g/mol. The van der Waals surface area contributed by atoms with E-state index >= 15 is 0 Å². The van der Waals surface area contributed by atoms with Crippen molar-refractivity contribution < 1.29 is 19.0 Å². The first-order valence-electron chi connectivity index (χ1n) is 6.96. The zero-order chi connectivity index (χ0) is 16.4. The summed E-state index contributed by atoms with van der Waals surface area (Å²) in [6.07, 6.45) is 1.18. The predicted molar refractivity (Wildman–Crippen MR) is 77.2 cm³/mol. The highest BCUT2D eigenvalue weighted by Crippen LogP contribution is 2.40. The maximum Gasteiger partial charge on any atom is 0.508 e. The lowest BCUT2D eigenvalue weighted by molar-refractivity contribution is -0.0524. The number of nitrogen functional groups attached to an aromatic ring is 1. The molecule has 2 aromatic heterocycles. The zero-order valence-electron chi connectivity index (χ0n) is 12.4. The Morgan fingerprint density at radius 2 is 2.48 bits per heavy atom. The molecular weight excluding hydrogens is 302 g/mol. The van der Waals surface area contributed by atoms with Crippen LogP contribution in [0.3, 0.4) is 0 Å². The molecule has 0 saturated carbocycles. The van der Waals surface area contributed by atoms with E-state index in [9.17, 15) is 10.1 Å². The standard InChI is InChI=1S/C14H15N5O4/c1-21-13(20)22-7-14(6-15)5-4-11(23-14)9-2-3-10-12(16)17-8-18-19(9)10/h2-3,8,11H,4-5,7H2,1H3,(H2,16,17,18). The number of nitriles is 1. The van der Waals surface area contributed by atoms with Crippen molar-refractivity contribution in [2.75, 3.05) is 19.5 Å². The minimum Gasteiger partial charge on any atom is -0.438 e. The van der Waals surface area contributed by atoms with E-state index < -0.39 is 11.8 Å². The van der Waals surface area contributed by atoms with E-state index in [4.69, 9.17) is 15.2 Å². The molecule has 120 valence electrons. The van der Waals surface area contributed by atoms with Crippen LogP contribution in [0.5, 0.6) is 0 Å². The Hall–Kier alpha value is -2.86. The minimum atomic E-state index is -1.19. The van der Waals surface area contributed by atoms with Crippen molar-refractivity contribution in [3.05, 3.63) is 24.2 Å². The second kappa shape index (κ2) is 5.73.